The van der Waals surface area contributed by atoms with E-state index in [0.29, 0.717) is 34.6 Å². The predicted octanol–water partition coefficient (Wildman–Crippen LogP) is 5.03. The molecule has 3 N–H and O–H groups in total. The van der Waals surface area contributed by atoms with Gasteiger partial charge in [0, 0.05) is 19.3 Å². The maximum atomic E-state index is 12.5. The van der Waals surface area contributed by atoms with Gasteiger partial charge in [-0.05, 0) is 74.5 Å². The first-order valence-electron chi connectivity index (χ1n) is 13.4. The van der Waals surface area contributed by atoms with E-state index in [9.17, 15) is 9.59 Å². The molecule has 4 rings (SSSR count). The lowest BCUT2D eigenvalue weighted by Crippen LogP contribution is -2.37. The van der Waals surface area contributed by atoms with Crippen molar-refractivity contribution in [3.8, 4) is 11.5 Å². The van der Waals surface area contributed by atoms with Gasteiger partial charge < -0.3 is 34.1 Å². The van der Waals surface area contributed by atoms with Crippen LogP contribution >= 0.6 is 11.9 Å². The van der Waals surface area contributed by atoms with Gasteiger partial charge in [0.15, 0.2) is 11.4 Å². The number of methoxy groups -OCH3 is 2. The molecule has 0 spiro atoms. The highest BCUT2D eigenvalue weighted by atomic mass is 32.2. The van der Waals surface area contributed by atoms with Crippen LogP contribution in [0.25, 0.3) is 11.0 Å². The smallest absolute Gasteiger partial charge is 0.407 e. The number of hydrogen-bond acceptors (Lipinski definition) is 10. The van der Waals surface area contributed by atoms with Crippen LogP contribution in [0.3, 0.4) is 0 Å². The molecule has 0 fully saturated rings. The van der Waals surface area contributed by atoms with E-state index >= 15 is 0 Å². The number of amides is 2. The maximum absolute atomic E-state index is 12.5. The molecule has 0 bridgehead atoms. The summed E-state index contributed by atoms with van der Waals surface area (Å²) in [5, 5.41) is 14.6. The zero-order valence-electron chi connectivity index (χ0n) is 24.6. The summed E-state index contributed by atoms with van der Waals surface area (Å²) in [6, 6.07) is 9.82. The third-order valence-electron chi connectivity index (χ3n) is 6.03. The van der Waals surface area contributed by atoms with Crippen LogP contribution in [0.4, 0.5) is 10.6 Å². The lowest BCUT2D eigenvalue weighted by atomic mass is 10.1. The Morgan fingerprint density at radius 1 is 1.02 bits per heavy atom. The first-order chi connectivity index (χ1) is 20.1. The van der Waals surface area contributed by atoms with Gasteiger partial charge in [-0.2, -0.15) is 5.10 Å². The van der Waals surface area contributed by atoms with Crippen molar-refractivity contribution in [2.45, 2.75) is 51.2 Å². The predicted molar refractivity (Wildman–Crippen MR) is 160 cm³/mol. The standard InChI is InChI=1S/C29H36N6O6S/c1-7-18-8-9-21(38-5)24(14-18)42-34-26-25-22(39-6)12-19(13-23(25)41-33-26)16-35-17-20(15-32-35)27(36)30-10-11-31-28(37)40-29(2,3)4/h8-9,12-15,17H,7,10-11,16H2,1-6H3,(H,30,36)(H,31,37)(H,33,34). The van der Waals surface area contributed by atoms with Gasteiger partial charge >= 0.3 is 6.09 Å². The zero-order valence-corrected chi connectivity index (χ0v) is 25.4. The Morgan fingerprint density at radius 3 is 2.50 bits per heavy atom. The monoisotopic (exact) mass is 596 g/mol. The van der Waals surface area contributed by atoms with Gasteiger partial charge in [-0.1, -0.05) is 18.1 Å². The summed E-state index contributed by atoms with van der Waals surface area (Å²) in [6.45, 7) is 8.31. The Hall–Kier alpha value is -4.39. The van der Waals surface area contributed by atoms with Crippen molar-refractivity contribution in [1.29, 1.82) is 0 Å². The molecule has 0 saturated carbocycles. The van der Waals surface area contributed by atoms with Gasteiger partial charge in [0.25, 0.3) is 5.91 Å². The molecule has 42 heavy (non-hydrogen) atoms. The van der Waals surface area contributed by atoms with Gasteiger partial charge in [-0.15, -0.1) is 0 Å². The molecule has 2 aromatic heterocycles. The number of rotatable bonds is 12. The number of alkyl carbamates (subject to hydrolysis) is 1. The van der Waals surface area contributed by atoms with Crippen molar-refractivity contribution >= 4 is 40.7 Å². The molecule has 0 aliphatic rings. The number of nitrogens with zero attached hydrogens (tertiary/aromatic N) is 3. The molecule has 2 aromatic carbocycles. The van der Waals surface area contributed by atoms with Gasteiger partial charge in [0.1, 0.15) is 22.5 Å². The van der Waals surface area contributed by atoms with Crippen LogP contribution in [-0.2, 0) is 17.7 Å². The first-order valence-corrected chi connectivity index (χ1v) is 14.3. The fourth-order valence-corrected chi connectivity index (χ4v) is 4.86. The van der Waals surface area contributed by atoms with Gasteiger partial charge in [0.2, 0.25) is 0 Å². The summed E-state index contributed by atoms with van der Waals surface area (Å²) in [5.74, 6) is 1.58. The number of carbonyl (C=O) groups is 2. The highest BCUT2D eigenvalue weighted by molar-refractivity contribution is 8.00. The number of hydrogen-bond donors (Lipinski definition) is 3. The molecular formula is C29H36N6O6S. The maximum Gasteiger partial charge on any atom is 0.407 e. The van der Waals surface area contributed by atoms with E-state index in [1.165, 1.54) is 23.7 Å². The first kappa shape index (κ1) is 30.6. The summed E-state index contributed by atoms with van der Waals surface area (Å²) in [7, 11) is 3.23. The minimum absolute atomic E-state index is 0.236. The third kappa shape index (κ3) is 7.87. The molecule has 2 amide bonds. The molecular weight excluding hydrogens is 560 g/mol. The van der Waals surface area contributed by atoms with Crippen LogP contribution in [-0.4, -0.2) is 59.8 Å². The van der Waals surface area contributed by atoms with Crippen LogP contribution in [0, 0.1) is 0 Å². The van der Waals surface area contributed by atoms with Crippen LogP contribution in [0.5, 0.6) is 11.5 Å². The van der Waals surface area contributed by atoms with Crippen molar-refractivity contribution in [3.05, 3.63) is 59.4 Å². The number of aryl methyl sites for hydroxylation is 1. The number of nitrogens with one attached hydrogen (secondary N) is 3. The van der Waals surface area contributed by atoms with E-state index in [0.717, 1.165) is 22.6 Å². The number of fused-ring (bicyclic) bond motifs is 1. The number of aromatic nitrogens is 3. The minimum atomic E-state index is -0.585. The number of benzene rings is 2. The molecule has 4 aromatic rings. The highest BCUT2D eigenvalue weighted by Gasteiger charge is 2.18. The summed E-state index contributed by atoms with van der Waals surface area (Å²) in [4.78, 5) is 25.2. The summed E-state index contributed by atoms with van der Waals surface area (Å²) in [6.07, 6.45) is 3.51. The van der Waals surface area contributed by atoms with Crippen molar-refractivity contribution in [2.24, 2.45) is 0 Å². The SMILES string of the molecule is CCc1ccc(OC)c(SNc2noc3cc(Cn4cc(C(=O)NCCNC(=O)OC(C)(C)C)cn4)cc(OC)c23)c1. The van der Waals surface area contributed by atoms with E-state index in [4.69, 9.17) is 18.7 Å². The normalized spacial score (nSPS) is 11.3. The van der Waals surface area contributed by atoms with Crippen LogP contribution in [0.15, 0.2) is 52.1 Å². The van der Waals surface area contributed by atoms with Crippen LogP contribution in [0.1, 0.15) is 49.2 Å². The average molecular weight is 597 g/mol. The number of anilines is 1. The minimum Gasteiger partial charge on any atom is -0.496 e. The topological polar surface area (TPSA) is 142 Å². The molecule has 0 aliphatic carbocycles. The summed E-state index contributed by atoms with van der Waals surface area (Å²) in [5.41, 5.74) is 2.40. The summed E-state index contributed by atoms with van der Waals surface area (Å²) < 4.78 is 26.9. The Morgan fingerprint density at radius 2 is 1.79 bits per heavy atom. The Bertz CT molecular complexity index is 1540. The second-order valence-electron chi connectivity index (χ2n) is 10.4. The molecule has 12 nitrogen and oxygen atoms in total. The molecule has 0 radical (unpaired) electrons. The van der Waals surface area contributed by atoms with Crippen molar-refractivity contribution in [3.63, 3.8) is 0 Å². The van der Waals surface area contributed by atoms with E-state index in [2.05, 4.69) is 38.6 Å². The van der Waals surface area contributed by atoms with E-state index in [-0.39, 0.29) is 19.0 Å². The number of ether oxygens (including phenoxy) is 3. The highest BCUT2D eigenvalue weighted by Crippen LogP contribution is 2.37. The third-order valence-corrected chi connectivity index (χ3v) is 6.86. The van der Waals surface area contributed by atoms with Crippen molar-refractivity contribution in [2.75, 3.05) is 32.0 Å². The Kier molecular flexibility index (Phi) is 9.84. The lowest BCUT2D eigenvalue weighted by molar-refractivity contribution is 0.0526. The van der Waals surface area contributed by atoms with Crippen LogP contribution in [0.2, 0.25) is 0 Å². The lowest BCUT2D eigenvalue weighted by Gasteiger charge is -2.19. The molecule has 0 aliphatic heterocycles. The van der Waals surface area contributed by atoms with Gasteiger partial charge in [-0.3, -0.25) is 9.48 Å². The fraction of sp³-hybridized carbons (Fsp3) is 0.379. The molecule has 0 unspecified atom stereocenters. The Balaban J connectivity index is 1.38. The fourth-order valence-electron chi connectivity index (χ4n) is 4.05. The number of carbonyl (C=O) groups excluding carboxylic acids is 2. The molecule has 13 heteroatoms. The molecule has 224 valence electrons. The quantitative estimate of drug-likeness (QED) is 0.151. The van der Waals surface area contributed by atoms with Gasteiger partial charge in [0.05, 0.1) is 37.4 Å². The zero-order chi connectivity index (χ0) is 30.3. The van der Waals surface area contributed by atoms with E-state index < -0.39 is 11.7 Å². The van der Waals surface area contributed by atoms with E-state index in [1.54, 1.807) is 45.9 Å². The molecule has 0 saturated heterocycles. The van der Waals surface area contributed by atoms with Crippen molar-refractivity contribution in [1.82, 2.24) is 25.6 Å². The average Bonchev–Trinajstić information content (AvgIpc) is 3.59. The Labute approximate surface area is 248 Å². The second-order valence-corrected chi connectivity index (χ2v) is 11.2. The van der Waals surface area contributed by atoms with Gasteiger partial charge in [-0.25, -0.2) is 4.79 Å². The second kappa shape index (κ2) is 13.5. The molecule has 0 atom stereocenters. The summed E-state index contributed by atoms with van der Waals surface area (Å²) >= 11 is 1.38. The molecule has 2 heterocycles. The van der Waals surface area contributed by atoms with E-state index in [1.807, 2.05) is 24.3 Å². The van der Waals surface area contributed by atoms with Crippen LogP contribution < -0.4 is 24.8 Å². The largest absolute Gasteiger partial charge is 0.496 e. The van der Waals surface area contributed by atoms with Crippen molar-refractivity contribution < 1.29 is 28.3 Å².